The zero-order valence-electron chi connectivity index (χ0n) is 9.98. The van der Waals surface area contributed by atoms with E-state index < -0.39 is 0 Å². The molecule has 0 amide bonds. The molecule has 1 unspecified atom stereocenters. The van der Waals surface area contributed by atoms with Crippen molar-refractivity contribution in [3.05, 3.63) is 33.6 Å². The average Bonchev–Trinajstić information content (AvgIpc) is 2.81. The Hall–Kier alpha value is -0.910. The summed E-state index contributed by atoms with van der Waals surface area (Å²) < 4.78 is 6.90. The quantitative estimate of drug-likeness (QED) is 0.872. The second kappa shape index (κ2) is 5.82. The minimum absolute atomic E-state index is 0.132. The Kier molecular flexibility index (Phi) is 4.37. The summed E-state index contributed by atoms with van der Waals surface area (Å²) in [5, 5.41) is 3.23. The molecule has 96 valence electrons. The molecule has 5 heteroatoms. The molecule has 0 aliphatic rings. The van der Waals surface area contributed by atoms with Crippen LogP contribution in [0.25, 0.3) is 10.1 Å². The number of nitrogens with two attached hydrogens (primary N) is 1. The monoisotopic (exact) mass is 327 g/mol. The normalized spacial score (nSPS) is 12.6. The summed E-state index contributed by atoms with van der Waals surface area (Å²) in [7, 11) is 1.39. The lowest BCUT2D eigenvalue weighted by Gasteiger charge is -2.10. The molecule has 0 spiro atoms. The van der Waals surface area contributed by atoms with Crippen LogP contribution < -0.4 is 5.73 Å². The number of hydrogen-bond acceptors (Lipinski definition) is 4. The first-order valence-electron chi connectivity index (χ1n) is 5.61. The van der Waals surface area contributed by atoms with Crippen molar-refractivity contribution >= 4 is 43.3 Å². The van der Waals surface area contributed by atoms with E-state index in [1.165, 1.54) is 11.8 Å². The van der Waals surface area contributed by atoms with Gasteiger partial charge in [-0.15, -0.1) is 11.3 Å². The predicted molar refractivity (Wildman–Crippen MR) is 77.7 cm³/mol. The number of carbonyl (C=O) groups is 1. The lowest BCUT2D eigenvalue weighted by Crippen LogP contribution is -2.12. The summed E-state index contributed by atoms with van der Waals surface area (Å²) >= 11 is 5.19. The van der Waals surface area contributed by atoms with E-state index in [-0.39, 0.29) is 12.0 Å². The third-order valence-electron chi connectivity index (χ3n) is 2.87. The van der Waals surface area contributed by atoms with Crippen LogP contribution >= 0.6 is 27.3 Å². The molecule has 18 heavy (non-hydrogen) atoms. The number of halogens is 1. The van der Waals surface area contributed by atoms with Crippen LogP contribution in [0.15, 0.2) is 28.1 Å². The minimum Gasteiger partial charge on any atom is -0.469 e. The summed E-state index contributed by atoms with van der Waals surface area (Å²) in [4.78, 5) is 11.1. The summed E-state index contributed by atoms with van der Waals surface area (Å²) in [6, 6.07) is 5.94. The van der Waals surface area contributed by atoms with Crippen LogP contribution in [-0.2, 0) is 9.53 Å². The highest BCUT2D eigenvalue weighted by molar-refractivity contribution is 9.10. The Labute approximate surface area is 118 Å². The molecule has 3 nitrogen and oxygen atoms in total. The van der Waals surface area contributed by atoms with Crippen molar-refractivity contribution in [2.75, 3.05) is 7.11 Å². The summed E-state index contributed by atoms with van der Waals surface area (Å²) in [5.41, 5.74) is 7.24. The Balaban J connectivity index is 2.20. The molecule has 0 bridgehead atoms. The van der Waals surface area contributed by atoms with Crippen LogP contribution in [-0.4, -0.2) is 13.1 Å². The fourth-order valence-electron chi connectivity index (χ4n) is 1.86. The largest absolute Gasteiger partial charge is 0.469 e. The molecule has 0 fully saturated rings. The van der Waals surface area contributed by atoms with E-state index in [4.69, 9.17) is 5.73 Å². The first-order valence-corrected chi connectivity index (χ1v) is 7.28. The highest BCUT2D eigenvalue weighted by atomic mass is 79.9. The van der Waals surface area contributed by atoms with Crippen LogP contribution in [0.5, 0.6) is 0 Å². The van der Waals surface area contributed by atoms with Crippen LogP contribution in [0.2, 0.25) is 0 Å². The lowest BCUT2D eigenvalue weighted by molar-refractivity contribution is -0.140. The Morgan fingerprint density at radius 3 is 3.06 bits per heavy atom. The Morgan fingerprint density at radius 2 is 2.33 bits per heavy atom. The van der Waals surface area contributed by atoms with Crippen molar-refractivity contribution in [2.24, 2.45) is 5.73 Å². The SMILES string of the molecule is COC(=O)CCC(N)c1csc2c(Br)cccc12. The zero-order valence-corrected chi connectivity index (χ0v) is 12.4. The smallest absolute Gasteiger partial charge is 0.305 e. The van der Waals surface area contributed by atoms with Gasteiger partial charge in [-0.2, -0.15) is 0 Å². The molecule has 2 aromatic rings. The molecule has 0 saturated heterocycles. The van der Waals surface area contributed by atoms with Gasteiger partial charge in [-0.05, 0) is 44.7 Å². The lowest BCUT2D eigenvalue weighted by atomic mass is 10.0. The van der Waals surface area contributed by atoms with E-state index in [1.807, 2.05) is 12.1 Å². The van der Waals surface area contributed by atoms with Gasteiger partial charge < -0.3 is 10.5 Å². The molecule has 1 aromatic heterocycles. The molecule has 2 rings (SSSR count). The predicted octanol–water partition coefficient (Wildman–Crippen LogP) is 3.62. The van der Waals surface area contributed by atoms with Gasteiger partial charge in [0.1, 0.15) is 0 Å². The number of rotatable bonds is 4. The highest BCUT2D eigenvalue weighted by Gasteiger charge is 2.14. The van der Waals surface area contributed by atoms with Crippen LogP contribution in [0.4, 0.5) is 0 Å². The first kappa shape index (κ1) is 13.5. The number of fused-ring (bicyclic) bond motifs is 1. The van der Waals surface area contributed by atoms with Gasteiger partial charge in [0.15, 0.2) is 0 Å². The minimum atomic E-state index is -0.217. The van der Waals surface area contributed by atoms with Crippen molar-refractivity contribution in [2.45, 2.75) is 18.9 Å². The molecule has 0 radical (unpaired) electrons. The Bertz CT molecular complexity index is 567. The molecule has 0 aliphatic heterocycles. The van der Waals surface area contributed by atoms with Gasteiger partial charge in [0.25, 0.3) is 0 Å². The van der Waals surface area contributed by atoms with Crippen molar-refractivity contribution in [1.82, 2.24) is 0 Å². The average molecular weight is 328 g/mol. The fraction of sp³-hybridized carbons (Fsp3) is 0.308. The maximum atomic E-state index is 11.1. The van der Waals surface area contributed by atoms with E-state index in [2.05, 4.69) is 32.1 Å². The molecule has 1 aromatic carbocycles. The molecular formula is C13H14BrNO2S. The summed E-state index contributed by atoms with van der Waals surface area (Å²) in [6.45, 7) is 0. The summed E-state index contributed by atoms with van der Waals surface area (Å²) in [5.74, 6) is -0.217. The fourth-order valence-corrected chi connectivity index (χ4v) is 3.55. The second-order valence-electron chi connectivity index (χ2n) is 4.03. The van der Waals surface area contributed by atoms with Gasteiger partial charge in [-0.3, -0.25) is 4.79 Å². The molecular weight excluding hydrogens is 314 g/mol. The van der Waals surface area contributed by atoms with Crippen molar-refractivity contribution in [1.29, 1.82) is 0 Å². The van der Waals surface area contributed by atoms with Crippen LogP contribution in [0.3, 0.4) is 0 Å². The molecule has 2 N–H and O–H groups in total. The maximum absolute atomic E-state index is 11.1. The van der Waals surface area contributed by atoms with E-state index in [1.54, 1.807) is 11.3 Å². The zero-order chi connectivity index (χ0) is 13.1. The first-order chi connectivity index (χ1) is 8.63. The highest BCUT2D eigenvalue weighted by Crippen LogP contribution is 2.35. The van der Waals surface area contributed by atoms with Crippen molar-refractivity contribution in [3.8, 4) is 0 Å². The third kappa shape index (κ3) is 2.74. The van der Waals surface area contributed by atoms with E-state index >= 15 is 0 Å². The molecule has 0 saturated carbocycles. The van der Waals surface area contributed by atoms with Gasteiger partial charge in [0.05, 0.1) is 7.11 Å². The van der Waals surface area contributed by atoms with Gasteiger partial charge in [0, 0.05) is 21.6 Å². The number of benzene rings is 1. The number of thiophene rings is 1. The standard InChI is InChI=1S/C13H14BrNO2S/c1-17-12(16)6-5-11(15)9-7-18-13-8(9)3-2-4-10(13)14/h2-4,7,11H,5-6,15H2,1H3. The van der Waals surface area contributed by atoms with Crippen molar-refractivity contribution < 1.29 is 9.53 Å². The van der Waals surface area contributed by atoms with E-state index in [9.17, 15) is 4.79 Å². The number of carbonyl (C=O) groups excluding carboxylic acids is 1. The van der Waals surface area contributed by atoms with Gasteiger partial charge in [0.2, 0.25) is 0 Å². The van der Waals surface area contributed by atoms with Gasteiger partial charge >= 0.3 is 5.97 Å². The molecule has 1 atom stereocenters. The van der Waals surface area contributed by atoms with Crippen molar-refractivity contribution in [3.63, 3.8) is 0 Å². The summed E-state index contributed by atoms with van der Waals surface area (Å²) in [6.07, 6.45) is 0.952. The number of hydrogen-bond donors (Lipinski definition) is 1. The van der Waals surface area contributed by atoms with E-state index in [0.29, 0.717) is 12.8 Å². The van der Waals surface area contributed by atoms with Crippen LogP contribution in [0, 0.1) is 0 Å². The maximum Gasteiger partial charge on any atom is 0.305 e. The topological polar surface area (TPSA) is 52.3 Å². The van der Waals surface area contributed by atoms with Gasteiger partial charge in [-0.1, -0.05) is 12.1 Å². The third-order valence-corrected chi connectivity index (χ3v) is 4.84. The van der Waals surface area contributed by atoms with E-state index in [0.717, 1.165) is 15.4 Å². The number of esters is 1. The number of ether oxygens (including phenoxy) is 1. The molecule has 0 aliphatic carbocycles. The number of methoxy groups -OCH3 is 1. The Morgan fingerprint density at radius 1 is 1.56 bits per heavy atom. The van der Waals surface area contributed by atoms with Gasteiger partial charge in [-0.25, -0.2) is 0 Å². The molecule has 1 heterocycles. The second-order valence-corrected chi connectivity index (χ2v) is 5.76. The van der Waals surface area contributed by atoms with Crippen LogP contribution in [0.1, 0.15) is 24.4 Å².